The average molecular weight is 1100 g/mol. The van der Waals surface area contributed by atoms with Crippen LogP contribution in [0.2, 0.25) is 0 Å². The molecule has 0 rings (SSSR count). The van der Waals surface area contributed by atoms with Gasteiger partial charge in [-0.15, -0.1) is 0 Å². The second-order valence-electron chi connectivity index (χ2n) is 24.2. The van der Waals surface area contributed by atoms with Crippen LogP contribution in [0, 0.1) is 0 Å². The molecule has 460 valence electrons. The van der Waals surface area contributed by atoms with Gasteiger partial charge in [0.15, 0.2) is 0 Å². The quantitative estimate of drug-likeness (QED) is 0.0320. The monoisotopic (exact) mass is 1100 g/mol. The smallest absolute Gasteiger partial charge is 0.305 e. The van der Waals surface area contributed by atoms with Crippen molar-refractivity contribution in [3.8, 4) is 0 Å². The van der Waals surface area contributed by atoms with Gasteiger partial charge in [0.2, 0.25) is 5.91 Å². The molecule has 0 aromatic rings. The molecular weight excluding hydrogens is 959 g/mol. The maximum atomic E-state index is 12.5. The summed E-state index contributed by atoms with van der Waals surface area (Å²) >= 11 is 0. The number of hydrogen-bond acceptors (Lipinski definition) is 5. The van der Waals surface area contributed by atoms with E-state index in [1.54, 1.807) is 6.08 Å². The Morgan fingerprint density at radius 3 is 0.974 bits per heavy atom. The molecule has 2 atom stereocenters. The Kier molecular flexibility index (Phi) is 65.9. The van der Waals surface area contributed by atoms with E-state index in [0.29, 0.717) is 19.4 Å². The van der Waals surface area contributed by atoms with E-state index in [1.807, 2.05) is 6.08 Å². The van der Waals surface area contributed by atoms with Gasteiger partial charge >= 0.3 is 5.97 Å². The third kappa shape index (κ3) is 63.3. The maximum absolute atomic E-state index is 12.5. The molecule has 6 heteroatoms. The van der Waals surface area contributed by atoms with Gasteiger partial charge in [-0.1, -0.05) is 346 Å². The number of ether oxygens (including phenoxy) is 1. The topological polar surface area (TPSA) is 95.9 Å². The number of aliphatic hydroxyl groups excluding tert-OH is 2. The zero-order valence-corrected chi connectivity index (χ0v) is 52.7. The lowest BCUT2D eigenvalue weighted by molar-refractivity contribution is -0.143. The zero-order valence-electron chi connectivity index (χ0n) is 52.7. The fourth-order valence-corrected chi connectivity index (χ4v) is 11.0. The van der Waals surface area contributed by atoms with Crippen molar-refractivity contribution in [2.75, 3.05) is 13.2 Å². The first-order valence-corrected chi connectivity index (χ1v) is 35.3. The molecule has 0 spiro atoms. The Balaban J connectivity index is 3.39. The van der Waals surface area contributed by atoms with E-state index in [9.17, 15) is 19.8 Å². The number of aliphatic hydroxyl groups is 2. The highest BCUT2D eigenvalue weighted by molar-refractivity contribution is 5.76. The van der Waals surface area contributed by atoms with Crippen LogP contribution in [0.25, 0.3) is 0 Å². The van der Waals surface area contributed by atoms with Crippen LogP contribution in [0.1, 0.15) is 386 Å². The van der Waals surface area contributed by atoms with Crippen LogP contribution >= 0.6 is 0 Å². The molecule has 0 aliphatic carbocycles. The van der Waals surface area contributed by atoms with Gasteiger partial charge in [0.05, 0.1) is 25.4 Å². The normalized spacial score (nSPS) is 12.7. The molecular formula is C72H137NO5. The molecule has 0 aliphatic heterocycles. The largest absolute Gasteiger partial charge is 0.466 e. The Morgan fingerprint density at radius 1 is 0.359 bits per heavy atom. The summed E-state index contributed by atoms with van der Waals surface area (Å²) in [5.74, 6) is -0.0511. The van der Waals surface area contributed by atoms with Crippen molar-refractivity contribution in [2.45, 2.75) is 398 Å². The van der Waals surface area contributed by atoms with Crippen molar-refractivity contribution in [1.29, 1.82) is 0 Å². The minimum absolute atomic E-state index is 0.0168. The number of allylic oxidation sites excluding steroid dienone is 5. The van der Waals surface area contributed by atoms with Gasteiger partial charge in [-0.2, -0.15) is 0 Å². The van der Waals surface area contributed by atoms with Gasteiger partial charge in [-0.25, -0.2) is 0 Å². The number of unbranched alkanes of at least 4 members (excludes halogenated alkanes) is 51. The Morgan fingerprint density at radius 2 is 0.641 bits per heavy atom. The van der Waals surface area contributed by atoms with E-state index in [2.05, 4.69) is 43.5 Å². The number of amides is 1. The lowest BCUT2D eigenvalue weighted by atomic mass is 10.0. The van der Waals surface area contributed by atoms with Crippen molar-refractivity contribution in [3.63, 3.8) is 0 Å². The van der Waals surface area contributed by atoms with E-state index in [0.717, 1.165) is 44.9 Å². The summed E-state index contributed by atoms with van der Waals surface area (Å²) in [5.41, 5.74) is 0. The average Bonchev–Trinajstić information content (AvgIpc) is 3.44. The SMILES string of the molecule is CCCCCCCCCCCCC/C=C/C(O)C(CO)NC(=O)CCCCCCCCCCCCCCC/C=C\C/C=C\CCCCCCCCCCCOC(=O)CCCCCCCCCCCCCCCCCCCCC. The molecule has 78 heavy (non-hydrogen) atoms. The molecule has 0 saturated heterocycles. The molecule has 3 N–H and O–H groups in total. The molecule has 0 aromatic heterocycles. The lowest BCUT2D eigenvalue weighted by Crippen LogP contribution is -2.45. The fourth-order valence-electron chi connectivity index (χ4n) is 11.0. The minimum atomic E-state index is -0.845. The third-order valence-corrected chi connectivity index (χ3v) is 16.4. The first-order chi connectivity index (χ1) is 38.5. The highest BCUT2D eigenvalue weighted by Crippen LogP contribution is 2.18. The first kappa shape index (κ1) is 76.1. The number of carbonyl (C=O) groups is 2. The predicted molar refractivity (Wildman–Crippen MR) is 343 cm³/mol. The highest BCUT2D eigenvalue weighted by Gasteiger charge is 2.18. The number of nitrogens with one attached hydrogen (secondary N) is 1. The Labute approximate surface area is 487 Å². The van der Waals surface area contributed by atoms with Crippen LogP contribution < -0.4 is 5.32 Å². The summed E-state index contributed by atoms with van der Waals surface area (Å²) in [6, 6.07) is -0.628. The first-order valence-electron chi connectivity index (χ1n) is 35.3. The van der Waals surface area contributed by atoms with Gasteiger partial charge in [0.1, 0.15) is 0 Å². The van der Waals surface area contributed by atoms with Crippen molar-refractivity contribution in [1.82, 2.24) is 5.32 Å². The standard InChI is InChI=1S/C72H137NO5/c1-3-5-7-9-11-13-15-17-18-19-31-35-38-42-46-50-54-58-62-66-72(77)78-67-63-59-55-51-47-43-39-36-33-30-28-26-24-22-20-21-23-25-27-29-32-34-37-41-45-49-53-57-61-65-71(76)73-69(68-74)70(75)64-60-56-52-48-44-40-16-14-12-10-8-6-4-2/h20,22,26,28,60,64,69-70,74-75H,3-19,21,23-25,27,29-59,61-63,65-68H2,1-2H3,(H,73,76)/b22-20-,28-26-,64-60+. The van der Waals surface area contributed by atoms with Crippen LogP contribution in [0.5, 0.6) is 0 Å². The molecule has 0 aliphatic rings. The third-order valence-electron chi connectivity index (χ3n) is 16.4. The number of rotatable bonds is 66. The van der Waals surface area contributed by atoms with Crippen molar-refractivity contribution < 1.29 is 24.5 Å². The summed E-state index contributed by atoms with van der Waals surface area (Å²) in [6.45, 7) is 4.93. The van der Waals surface area contributed by atoms with Gasteiger partial charge in [0.25, 0.3) is 0 Å². The van der Waals surface area contributed by atoms with E-state index in [4.69, 9.17) is 4.74 Å². The molecule has 1 amide bonds. The second-order valence-corrected chi connectivity index (χ2v) is 24.2. The molecule has 0 aromatic carbocycles. The van der Waals surface area contributed by atoms with Gasteiger partial charge in [-0.3, -0.25) is 9.59 Å². The zero-order chi connectivity index (χ0) is 56.4. The van der Waals surface area contributed by atoms with E-state index in [-0.39, 0.29) is 18.5 Å². The van der Waals surface area contributed by atoms with E-state index >= 15 is 0 Å². The summed E-state index contributed by atoms with van der Waals surface area (Å²) in [6.07, 6.45) is 86.6. The van der Waals surface area contributed by atoms with Crippen LogP contribution in [0.15, 0.2) is 36.5 Å². The molecule has 2 unspecified atom stereocenters. The molecule has 6 nitrogen and oxygen atoms in total. The van der Waals surface area contributed by atoms with Crippen LogP contribution in [0.3, 0.4) is 0 Å². The summed E-state index contributed by atoms with van der Waals surface area (Å²) in [7, 11) is 0. The second kappa shape index (κ2) is 67.6. The molecule has 0 radical (unpaired) electrons. The summed E-state index contributed by atoms with van der Waals surface area (Å²) < 4.78 is 5.51. The fraction of sp³-hybridized carbons (Fsp3) is 0.889. The molecule has 0 fully saturated rings. The van der Waals surface area contributed by atoms with Crippen molar-refractivity contribution >= 4 is 11.9 Å². The molecule has 0 heterocycles. The van der Waals surface area contributed by atoms with E-state index in [1.165, 1.54) is 315 Å². The minimum Gasteiger partial charge on any atom is -0.466 e. The number of hydrogen-bond donors (Lipinski definition) is 3. The van der Waals surface area contributed by atoms with E-state index < -0.39 is 12.1 Å². The molecule has 0 saturated carbocycles. The maximum Gasteiger partial charge on any atom is 0.305 e. The highest BCUT2D eigenvalue weighted by atomic mass is 16.5. The van der Waals surface area contributed by atoms with Crippen LogP contribution in [0.4, 0.5) is 0 Å². The van der Waals surface area contributed by atoms with Gasteiger partial charge < -0.3 is 20.3 Å². The lowest BCUT2D eigenvalue weighted by Gasteiger charge is -2.20. The summed E-state index contributed by atoms with van der Waals surface area (Å²) in [4.78, 5) is 24.6. The van der Waals surface area contributed by atoms with Crippen LogP contribution in [-0.2, 0) is 14.3 Å². The number of esters is 1. The molecule has 0 bridgehead atoms. The van der Waals surface area contributed by atoms with Crippen molar-refractivity contribution in [2.24, 2.45) is 0 Å². The Bertz CT molecular complexity index is 1260. The predicted octanol–water partition coefficient (Wildman–Crippen LogP) is 22.7. The van der Waals surface area contributed by atoms with Crippen molar-refractivity contribution in [3.05, 3.63) is 36.5 Å². The van der Waals surface area contributed by atoms with Crippen LogP contribution in [-0.4, -0.2) is 47.4 Å². The van der Waals surface area contributed by atoms with Gasteiger partial charge in [-0.05, 0) is 64.2 Å². The number of carbonyl (C=O) groups excluding carboxylic acids is 2. The Hall–Kier alpha value is -1.92. The summed E-state index contributed by atoms with van der Waals surface area (Å²) in [5, 5.41) is 23.1. The van der Waals surface area contributed by atoms with Gasteiger partial charge in [0, 0.05) is 12.8 Å².